The molecule has 4 bridgehead atoms. The number of hydrogen-bond acceptors (Lipinski definition) is 1. The van der Waals surface area contributed by atoms with Crippen LogP contribution in [-0.2, 0) is 5.41 Å². The fraction of sp³-hybridized carbons (Fsp3) is 0.700. The van der Waals surface area contributed by atoms with Gasteiger partial charge in [-0.15, -0.1) is 0 Å². The number of piperidine rings is 2. The highest BCUT2D eigenvalue weighted by atomic mass is 16.3. The predicted molar refractivity (Wildman–Crippen MR) is 94.2 cm³/mol. The lowest BCUT2D eigenvalue weighted by Crippen LogP contribution is -3.20. The highest BCUT2D eigenvalue weighted by Crippen LogP contribution is 2.41. The largest absolute Gasteiger partial charge is 0.382 e. The van der Waals surface area contributed by atoms with Gasteiger partial charge in [-0.2, -0.15) is 0 Å². The average molecular weight is 333 g/mol. The van der Waals surface area contributed by atoms with Crippen molar-refractivity contribution in [1.29, 1.82) is 0 Å². The van der Waals surface area contributed by atoms with Crippen molar-refractivity contribution < 1.29 is 20.2 Å². The molecule has 5 rings (SSSR count). The van der Waals surface area contributed by atoms with Gasteiger partial charge in [0.05, 0.1) is 37.6 Å². The third-order valence-corrected chi connectivity index (χ3v) is 6.86. The first kappa shape index (κ1) is 16.5. The zero-order valence-electron chi connectivity index (χ0n) is 15.4. The van der Waals surface area contributed by atoms with Crippen molar-refractivity contribution in [2.45, 2.75) is 37.3 Å². The molecular weight excluding hydrogens is 298 g/mol. The molecule has 4 fully saturated rings. The van der Waals surface area contributed by atoms with Crippen molar-refractivity contribution in [3.05, 3.63) is 35.9 Å². The van der Waals surface area contributed by atoms with E-state index in [0.29, 0.717) is 5.92 Å². The van der Waals surface area contributed by atoms with Crippen LogP contribution in [0.1, 0.15) is 26.3 Å². The normalized spacial score (nSPS) is 41.4. The van der Waals surface area contributed by atoms with E-state index in [0.717, 1.165) is 32.7 Å². The van der Waals surface area contributed by atoms with Gasteiger partial charge in [0.15, 0.2) is 0 Å². The maximum Gasteiger partial charge on any atom is 0.147 e. The van der Waals surface area contributed by atoms with Gasteiger partial charge >= 0.3 is 0 Å². The highest BCUT2D eigenvalue weighted by molar-refractivity contribution is 5.33. The lowest BCUT2D eigenvalue weighted by Gasteiger charge is -2.56. The van der Waals surface area contributed by atoms with E-state index in [1.807, 2.05) is 0 Å². The molecule has 1 aromatic carbocycles. The van der Waals surface area contributed by atoms with E-state index in [4.69, 9.17) is 0 Å². The van der Waals surface area contributed by atoms with Gasteiger partial charge in [0.1, 0.15) is 30.7 Å². The third kappa shape index (κ3) is 2.51. The van der Waals surface area contributed by atoms with E-state index in [1.165, 1.54) is 18.7 Å². The van der Waals surface area contributed by atoms with E-state index in [-0.39, 0.29) is 11.0 Å². The molecule has 1 aromatic rings. The molecule has 2 unspecified atom stereocenters. The fourth-order valence-electron chi connectivity index (χ4n) is 5.63. The van der Waals surface area contributed by atoms with Crippen molar-refractivity contribution in [3.63, 3.8) is 0 Å². The Bertz CT molecular complexity index is 581. The van der Waals surface area contributed by atoms with Gasteiger partial charge in [-0.05, 0) is 26.3 Å². The quantitative estimate of drug-likeness (QED) is 0.484. The topological polar surface area (TPSA) is 45.7 Å². The van der Waals surface area contributed by atoms with E-state index in [2.05, 4.69) is 56.4 Å². The van der Waals surface area contributed by atoms with Crippen LogP contribution in [-0.4, -0.2) is 62.1 Å². The Hall–Kier alpha value is -0.940. The molecule has 5 N–H and O–H groups in total. The van der Waals surface area contributed by atoms with Gasteiger partial charge in [0.25, 0.3) is 0 Å². The standard InChI is InChI=1S/C20H31N3O/c1-18(2,3)21-13-20(24)17-11-22-9-10-23(12-17)15-19(20,14-22)16-7-5-4-6-8-16/h4-8,17,21,24H,9-15H2,1-3H3/p+3/t17?,19?,20-/m1/s1. The molecule has 0 amide bonds. The zero-order valence-corrected chi connectivity index (χ0v) is 15.4. The Labute approximate surface area is 145 Å². The number of nitrogens with one attached hydrogen (secondary N) is 2. The number of benzene rings is 1. The summed E-state index contributed by atoms with van der Waals surface area (Å²) in [6.07, 6.45) is 0. The summed E-state index contributed by atoms with van der Waals surface area (Å²) in [6.45, 7) is 14.6. The molecule has 0 radical (unpaired) electrons. The molecule has 0 aromatic heterocycles. The van der Waals surface area contributed by atoms with Crippen molar-refractivity contribution in [1.82, 2.24) is 0 Å². The van der Waals surface area contributed by atoms with Crippen molar-refractivity contribution in [3.8, 4) is 0 Å². The minimum absolute atomic E-state index is 0.0989. The summed E-state index contributed by atoms with van der Waals surface area (Å²) in [5.74, 6) is 0.409. The maximum atomic E-state index is 12.1. The lowest BCUT2D eigenvalue weighted by atomic mass is 9.57. The summed E-state index contributed by atoms with van der Waals surface area (Å²) in [7, 11) is 0. The van der Waals surface area contributed by atoms with E-state index >= 15 is 0 Å². The van der Waals surface area contributed by atoms with Crippen LogP contribution in [0.5, 0.6) is 0 Å². The van der Waals surface area contributed by atoms with Crippen LogP contribution in [0, 0.1) is 5.92 Å². The number of quaternary nitrogens is 3. The van der Waals surface area contributed by atoms with Crippen LogP contribution >= 0.6 is 0 Å². The zero-order chi connectivity index (χ0) is 17.0. The fourth-order valence-corrected chi connectivity index (χ4v) is 5.63. The van der Waals surface area contributed by atoms with Gasteiger partial charge in [0, 0.05) is 0 Å². The molecule has 4 heteroatoms. The maximum absolute atomic E-state index is 12.1. The third-order valence-electron chi connectivity index (χ3n) is 6.86. The lowest BCUT2D eigenvalue weighted by molar-refractivity contribution is -0.918. The number of nitrogens with two attached hydrogens (primary N) is 1. The molecule has 4 heterocycles. The number of aliphatic hydroxyl groups is 1. The molecule has 4 aliphatic rings. The SMILES string of the molecule is CC(C)(C)[NH2+]C[C@@]1(O)C2C[NH+]3CC[NH+](C2)CC1(c1ccccc1)C3. The smallest absolute Gasteiger partial charge is 0.147 e. The second-order valence-electron chi connectivity index (χ2n) is 9.61. The molecule has 4 saturated heterocycles. The minimum Gasteiger partial charge on any atom is -0.382 e. The number of fused-ring (bicyclic) bond motifs is 1. The molecular formula is C20H34N3O+3. The number of rotatable bonds is 3. The Morgan fingerprint density at radius 3 is 2.21 bits per heavy atom. The summed E-state index contributed by atoms with van der Waals surface area (Å²) < 4.78 is 0. The van der Waals surface area contributed by atoms with Crippen LogP contribution in [0.25, 0.3) is 0 Å². The monoisotopic (exact) mass is 332 g/mol. The summed E-state index contributed by atoms with van der Waals surface area (Å²) in [6, 6.07) is 10.9. The van der Waals surface area contributed by atoms with E-state index < -0.39 is 5.60 Å². The molecule has 0 spiro atoms. The first-order chi connectivity index (χ1) is 11.3. The van der Waals surface area contributed by atoms with E-state index in [1.54, 1.807) is 9.80 Å². The molecule has 4 aliphatic heterocycles. The van der Waals surface area contributed by atoms with Gasteiger partial charge in [-0.25, -0.2) is 0 Å². The van der Waals surface area contributed by atoms with Crippen LogP contribution in [0.15, 0.2) is 30.3 Å². The van der Waals surface area contributed by atoms with Gasteiger partial charge in [-0.1, -0.05) is 30.3 Å². The summed E-state index contributed by atoms with van der Waals surface area (Å²) >= 11 is 0. The van der Waals surface area contributed by atoms with Gasteiger partial charge in [0.2, 0.25) is 0 Å². The molecule has 132 valence electrons. The molecule has 3 atom stereocenters. The van der Waals surface area contributed by atoms with Crippen molar-refractivity contribution >= 4 is 0 Å². The highest BCUT2D eigenvalue weighted by Gasteiger charge is 2.69. The van der Waals surface area contributed by atoms with Crippen LogP contribution in [0.2, 0.25) is 0 Å². The molecule has 0 saturated carbocycles. The predicted octanol–water partition coefficient (Wildman–Crippen LogP) is -2.56. The van der Waals surface area contributed by atoms with Crippen molar-refractivity contribution in [2.24, 2.45) is 5.92 Å². The molecule has 24 heavy (non-hydrogen) atoms. The van der Waals surface area contributed by atoms with Crippen LogP contribution < -0.4 is 15.1 Å². The minimum atomic E-state index is -0.598. The molecule has 4 nitrogen and oxygen atoms in total. The van der Waals surface area contributed by atoms with Crippen molar-refractivity contribution in [2.75, 3.05) is 45.8 Å². The Kier molecular flexibility index (Phi) is 3.81. The summed E-state index contributed by atoms with van der Waals surface area (Å²) in [5.41, 5.74) is 0.812. The Balaban J connectivity index is 1.78. The first-order valence-corrected chi connectivity index (χ1v) is 9.62. The second-order valence-corrected chi connectivity index (χ2v) is 9.61. The Morgan fingerprint density at radius 1 is 1.08 bits per heavy atom. The van der Waals surface area contributed by atoms with Crippen LogP contribution in [0.4, 0.5) is 0 Å². The second kappa shape index (κ2) is 5.53. The van der Waals surface area contributed by atoms with E-state index in [9.17, 15) is 5.11 Å². The van der Waals surface area contributed by atoms with Crippen LogP contribution in [0.3, 0.4) is 0 Å². The molecule has 0 aliphatic carbocycles. The Morgan fingerprint density at radius 2 is 1.67 bits per heavy atom. The van der Waals surface area contributed by atoms with Gasteiger partial charge in [-0.3, -0.25) is 0 Å². The number of hydrogen-bond donors (Lipinski definition) is 4. The summed E-state index contributed by atoms with van der Waals surface area (Å²) in [4.78, 5) is 3.41. The average Bonchev–Trinajstić information content (AvgIpc) is 2.80. The first-order valence-electron chi connectivity index (χ1n) is 9.62. The summed E-state index contributed by atoms with van der Waals surface area (Å²) in [5, 5.41) is 14.5. The van der Waals surface area contributed by atoms with Gasteiger partial charge < -0.3 is 20.2 Å².